The predicted octanol–water partition coefficient (Wildman–Crippen LogP) is -1.24. The van der Waals surface area contributed by atoms with Gasteiger partial charge in [0.05, 0.1) is 18.8 Å². The monoisotopic (exact) mass is 350 g/mol. The van der Waals surface area contributed by atoms with Crippen LogP contribution in [0.2, 0.25) is 0 Å². The molecule has 0 saturated carbocycles. The van der Waals surface area contributed by atoms with Gasteiger partial charge in [-0.1, -0.05) is 20.8 Å². The fourth-order valence-electron chi connectivity index (χ4n) is 3.14. The second-order valence-electron chi connectivity index (χ2n) is 7.98. The van der Waals surface area contributed by atoms with Gasteiger partial charge in [-0.3, -0.25) is 0 Å². The van der Waals surface area contributed by atoms with Crippen LogP contribution in [-0.2, 0) is 14.2 Å². The summed E-state index contributed by atoms with van der Waals surface area (Å²) >= 11 is 0. The molecule has 0 aliphatic carbocycles. The van der Waals surface area contributed by atoms with E-state index in [2.05, 4.69) is 0 Å². The first-order valence-corrected chi connectivity index (χ1v) is 8.34. The standard InChI is InChI=1S/C16H30O8/c1-7-14(24-15-13(21)10(18)8(17)6-22-15)12(20)11(19)9(23-7)5-16(2,3)4/h7-15,17-21H,5-6H2,1-4H3/t7?,8-,9+,10?,11?,12?,13?,14+,15+/m1/s1. The van der Waals surface area contributed by atoms with Crippen LogP contribution in [0.3, 0.4) is 0 Å². The van der Waals surface area contributed by atoms with Crippen LogP contribution in [0.25, 0.3) is 0 Å². The highest BCUT2D eigenvalue weighted by molar-refractivity contribution is 4.94. The average molecular weight is 350 g/mol. The number of ether oxygens (including phenoxy) is 3. The molecule has 2 heterocycles. The van der Waals surface area contributed by atoms with Crippen molar-refractivity contribution >= 4 is 0 Å². The summed E-state index contributed by atoms with van der Waals surface area (Å²) in [6.45, 7) is 7.55. The van der Waals surface area contributed by atoms with Crippen molar-refractivity contribution in [1.82, 2.24) is 0 Å². The molecule has 2 aliphatic heterocycles. The molecule has 0 aromatic rings. The SMILES string of the molecule is CC1O[C@@H](CC(C)(C)C)C(O)C(O)[C@H]1O[C@@H]1OC[C@@H](O)C(O)C1O. The normalized spacial score (nSPS) is 47.6. The lowest BCUT2D eigenvalue weighted by Gasteiger charge is -2.45. The van der Waals surface area contributed by atoms with Gasteiger partial charge in [-0.2, -0.15) is 0 Å². The van der Waals surface area contributed by atoms with Crippen LogP contribution in [0.1, 0.15) is 34.1 Å². The predicted molar refractivity (Wildman–Crippen MR) is 83.1 cm³/mol. The Morgan fingerprint density at radius 3 is 2.17 bits per heavy atom. The zero-order chi connectivity index (χ0) is 18.2. The summed E-state index contributed by atoms with van der Waals surface area (Å²) in [5, 5.41) is 49.8. The first-order chi connectivity index (χ1) is 11.0. The van der Waals surface area contributed by atoms with Crippen molar-refractivity contribution in [3.05, 3.63) is 0 Å². The fraction of sp³-hybridized carbons (Fsp3) is 1.00. The van der Waals surface area contributed by atoms with E-state index in [1.54, 1.807) is 6.92 Å². The number of hydrogen-bond donors (Lipinski definition) is 5. The van der Waals surface area contributed by atoms with E-state index in [0.717, 1.165) is 0 Å². The fourth-order valence-corrected chi connectivity index (χ4v) is 3.14. The third-order valence-corrected chi connectivity index (χ3v) is 4.48. The van der Waals surface area contributed by atoms with Crippen LogP contribution < -0.4 is 0 Å². The van der Waals surface area contributed by atoms with Crippen LogP contribution in [0.5, 0.6) is 0 Å². The molecule has 5 unspecified atom stereocenters. The molecule has 0 radical (unpaired) electrons. The molecule has 2 fully saturated rings. The Hall–Kier alpha value is -0.320. The molecule has 2 saturated heterocycles. The van der Waals surface area contributed by atoms with Crippen LogP contribution >= 0.6 is 0 Å². The van der Waals surface area contributed by atoms with E-state index in [1.165, 1.54) is 0 Å². The third-order valence-electron chi connectivity index (χ3n) is 4.48. The zero-order valence-electron chi connectivity index (χ0n) is 14.6. The summed E-state index contributed by atoms with van der Waals surface area (Å²) in [7, 11) is 0. The molecule has 0 aromatic heterocycles. The minimum atomic E-state index is -1.46. The Bertz CT molecular complexity index is 411. The summed E-state index contributed by atoms with van der Waals surface area (Å²) in [5.74, 6) is 0. The summed E-state index contributed by atoms with van der Waals surface area (Å²) in [4.78, 5) is 0. The van der Waals surface area contributed by atoms with Crippen molar-refractivity contribution in [1.29, 1.82) is 0 Å². The van der Waals surface area contributed by atoms with Gasteiger partial charge in [0.1, 0.15) is 36.6 Å². The van der Waals surface area contributed by atoms with Crippen molar-refractivity contribution in [2.24, 2.45) is 5.41 Å². The Labute approximate surface area is 142 Å². The average Bonchev–Trinajstić information content (AvgIpc) is 2.47. The van der Waals surface area contributed by atoms with Crippen molar-refractivity contribution in [2.45, 2.75) is 89.2 Å². The third kappa shape index (κ3) is 4.44. The maximum atomic E-state index is 10.4. The molecule has 8 nitrogen and oxygen atoms in total. The Morgan fingerprint density at radius 1 is 0.958 bits per heavy atom. The lowest BCUT2D eigenvalue weighted by molar-refractivity contribution is -0.321. The van der Waals surface area contributed by atoms with E-state index in [4.69, 9.17) is 14.2 Å². The van der Waals surface area contributed by atoms with Gasteiger partial charge in [0.25, 0.3) is 0 Å². The first-order valence-electron chi connectivity index (χ1n) is 8.34. The van der Waals surface area contributed by atoms with Crippen LogP contribution in [0.15, 0.2) is 0 Å². The van der Waals surface area contributed by atoms with Gasteiger partial charge in [-0.15, -0.1) is 0 Å². The number of aliphatic hydroxyl groups is 5. The second kappa shape index (κ2) is 7.51. The minimum Gasteiger partial charge on any atom is -0.388 e. The molecule has 2 aliphatic rings. The van der Waals surface area contributed by atoms with E-state index in [-0.39, 0.29) is 12.0 Å². The van der Waals surface area contributed by atoms with Gasteiger partial charge in [0.15, 0.2) is 6.29 Å². The topological polar surface area (TPSA) is 129 Å². The molecule has 5 N–H and O–H groups in total. The highest BCUT2D eigenvalue weighted by Crippen LogP contribution is 2.32. The first kappa shape index (κ1) is 20.0. The van der Waals surface area contributed by atoms with E-state index in [0.29, 0.717) is 6.42 Å². The second-order valence-corrected chi connectivity index (χ2v) is 7.98. The molecular formula is C16H30O8. The number of aliphatic hydroxyl groups excluding tert-OH is 5. The summed E-state index contributed by atoms with van der Waals surface area (Å²) in [6, 6.07) is 0. The largest absolute Gasteiger partial charge is 0.388 e. The summed E-state index contributed by atoms with van der Waals surface area (Å²) in [5.41, 5.74) is -0.0816. The van der Waals surface area contributed by atoms with Gasteiger partial charge < -0.3 is 39.7 Å². The van der Waals surface area contributed by atoms with Crippen LogP contribution in [-0.4, -0.2) is 87.3 Å². The molecule has 24 heavy (non-hydrogen) atoms. The van der Waals surface area contributed by atoms with Crippen molar-refractivity contribution in [3.8, 4) is 0 Å². The number of hydrogen-bond acceptors (Lipinski definition) is 8. The lowest BCUT2D eigenvalue weighted by atomic mass is 9.83. The van der Waals surface area contributed by atoms with E-state index >= 15 is 0 Å². The molecular weight excluding hydrogens is 320 g/mol. The van der Waals surface area contributed by atoms with Gasteiger partial charge in [0, 0.05) is 0 Å². The van der Waals surface area contributed by atoms with E-state index < -0.39 is 55.1 Å². The number of rotatable bonds is 3. The van der Waals surface area contributed by atoms with Crippen molar-refractivity contribution in [2.75, 3.05) is 6.61 Å². The van der Waals surface area contributed by atoms with Gasteiger partial charge >= 0.3 is 0 Å². The molecule has 0 bridgehead atoms. The van der Waals surface area contributed by atoms with Crippen molar-refractivity contribution < 1.29 is 39.7 Å². The molecule has 0 aromatic carbocycles. The maximum absolute atomic E-state index is 10.4. The van der Waals surface area contributed by atoms with Gasteiger partial charge in [0.2, 0.25) is 0 Å². The smallest absolute Gasteiger partial charge is 0.186 e. The van der Waals surface area contributed by atoms with Crippen LogP contribution in [0.4, 0.5) is 0 Å². The quantitative estimate of drug-likeness (QED) is 0.427. The maximum Gasteiger partial charge on any atom is 0.186 e. The molecule has 142 valence electrons. The highest BCUT2D eigenvalue weighted by Gasteiger charge is 2.47. The Kier molecular flexibility index (Phi) is 6.26. The highest BCUT2D eigenvalue weighted by atomic mass is 16.7. The molecule has 0 spiro atoms. The van der Waals surface area contributed by atoms with Gasteiger partial charge in [-0.25, -0.2) is 0 Å². The molecule has 0 amide bonds. The van der Waals surface area contributed by atoms with E-state index in [1.807, 2.05) is 20.8 Å². The molecule has 8 heteroatoms. The zero-order valence-corrected chi connectivity index (χ0v) is 14.6. The molecule has 9 atom stereocenters. The minimum absolute atomic E-state index is 0.0816. The van der Waals surface area contributed by atoms with Gasteiger partial charge in [-0.05, 0) is 18.8 Å². The lowest BCUT2D eigenvalue weighted by Crippen LogP contribution is -2.61. The summed E-state index contributed by atoms with van der Waals surface area (Å²) in [6.07, 6.45) is -9.09. The Morgan fingerprint density at radius 2 is 1.58 bits per heavy atom. The summed E-state index contributed by atoms with van der Waals surface area (Å²) < 4.78 is 16.5. The van der Waals surface area contributed by atoms with E-state index in [9.17, 15) is 25.5 Å². The molecule has 2 rings (SSSR count). The Balaban J connectivity index is 2.01. The van der Waals surface area contributed by atoms with Crippen LogP contribution in [0, 0.1) is 5.41 Å². The van der Waals surface area contributed by atoms with Crippen molar-refractivity contribution in [3.63, 3.8) is 0 Å².